The Kier molecular flexibility index (Phi) is 1.63. The van der Waals surface area contributed by atoms with E-state index in [1.165, 1.54) is 16.9 Å². The third-order valence-electron chi connectivity index (χ3n) is 1.94. The van der Waals surface area contributed by atoms with E-state index in [0.29, 0.717) is 5.69 Å². The topological polar surface area (TPSA) is 87.5 Å². The van der Waals surface area contributed by atoms with Crippen LogP contribution >= 0.6 is 0 Å². The van der Waals surface area contributed by atoms with Crippen molar-refractivity contribution in [2.75, 3.05) is 0 Å². The molecule has 0 saturated heterocycles. The first-order chi connectivity index (χ1) is 6.61. The highest BCUT2D eigenvalue weighted by atomic mass is 16.4. The van der Waals surface area contributed by atoms with Crippen LogP contribution < -0.4 is 5.56 Å². The Balaban J connectivity index is 3.01. The molecule has 6 nitrogen and oxygen atoms in total. The van der Waals surface area contributed by atoms with Crippen LogP contribution in [0.5, 0.6) is 0 Å². The Labute approximate surface area is 77.8 Å². The summed E-state index contributed by atoms with van der Waals surface area (Å²) >= 11 is 0. The summed E-state index contributed by atoms with van der Waals surface area (Å²) < 4.78 is 1.26. The van der Waals surface area contributed by atoms with Crippen LogP contribution in [0.2, 0.25) is 0 Å². The second-order valence-electron chi connectivity index (χ2n) is 2.85. The zero-order valence-corrected chi connectivity index (χ0v) is 7.31. The van der Waals surface area contributed by atoms with E-state index in [4.69, 9.17) is 5.11 Å². The lowest BCUT2D eigenvalue weighted by Gasteiger charge is -1.91. The SMILES string of the molecule is Cc1nn2cc[nH]c(=O)c2c1C(=O)O. The molecule has 2 aromatic heterocycles. The molecule has 0 bridgehead atoms. The van der Waals surface area contributed by atoms with Gasteiger partial charge in [-0.25, -0.2) is 9.31 Å². The van der Waals surface area contributed by atoms with E-state index in [1.807, 2.05) is 0 Å². The third kappa shape index (κ3) is 1.00. The van der Waals surface area contributed by atoms with Crippen LogP contribution in [-0.4, -0.2) is 25.7 Å². The third-order valence-corrected chi connectivity index (χ3v) is 1.94. The smallest absolute Gasteiger partial charge is 0.340 e. The second kappa shape index (κ2) is 2.69. The standard InChI is InChI=1S/C8H7N3O3/c1-4-5(8(13)14)6-7(12)9-2-3-11(6)10-4/h2-3H,1H3,(H,9,12)(H,13,14). The molecule has 2 rings (SSSR count). The van der Waals surface area contributed by atoms with Crippen molar-refractivity contribution in [2.24, 2.45) is 0 Å². The van der Waals surface area contributed by atoms with Gasteiger partial charge in [0, 0.05) is 12.4 Å². The van der Waals surface area contributed by atoms with Crippen LogP contribution in [-0.2, 0) is 0 Å². The molecule has 2 heterocycles. The Morgan fingerprint density at radius 2 is 2.36 bits per heavy atom. The minimum atomic E-state index is -1.14. The van der Waals surface area contributed by atoms with E-state index in [-0.39, 0.29) is 11.1 Å². The Morgan fingerprint density at radius 1 is 1.64 bits per heavy atom. The summed E-state index contributed by atoms with van der Waals surface area (Å²) in [7, 11) is 0. The quantitative estimate of drug-likeness (QED) is 0.668. The van der Waals surface area contributed by atoms with Gasteiger partial charge in [0.1, 0.15) is 11.1 Å². The summed E-state index contributed by atoms with van der Waals surface area (Å²) in [6, 6.07) is 0. The number of hydrogen-bond donors (Lipinski definition) is 2. The number of nitrogens with one attached hydrogen (secondary N) is 1. The van der Waals surface area contributed by atoms with Crippen molar-refractivity contribution in [3.8, 4) is 0 Å². The lowest BCUT2D eigenvalue weighted by molar-refractivity contribution is 0.0698. The number of carboxylic acid groups (broad SMARTS) is 1. The van der Waals surface area contributed by atoms with Gasteiger partial charge >= 0.3 is 5.97 Å². The number of carbonyl (C=O) groups is 1. The van der Waals surface area contributed by atoms with Crippen molar-refractivity contribution >= 4 is 11.5 Å². The van der Waals surface area contributed by atoms with Gasteiger partial charge in [-0.1, -0.05) is 0 Å². The molecule has 0 atom stereocenters. The van der Waals surface area contributed by atoms with Crippen molar-refractivity contribution in [3.63, 3.8) is 0 Å². The number of nitrogens with zero attached hydrogens (tertiary/aromatic N) is 2. The largest absolute Gasteiger partial charge is 0.478 e. The van der Waals surface area contributed by atoms with E-state index < -0.39 is 11.5 Å². The van der Waals surface area contributed by atoms with E-state index >= 15 is 0 Å². The van der Waals surface area contributed by atoms with Crippen LogP contribution in [0.25, 0.3) is 5.52 Å². The molecule has 2 aromatic rings. The number of aromatic nitrogens is 3. The molecule has 2 N–H and O–H groups in total. The van der Waals surface area contributed by atoms with Crippen molar-refractivity contribution in [1.82, 2.24) is 14.6 Å². The van der Waals surface area contributed by atoms with Crippen molar-refractivity contribution in [2.45, 2.75) is 6.92 Å². The number of hydrogen-bond acceptors (Lipinski definition) is 3. The minimum Gasteiger partial charge on any atom is -0.478 e. The van der Waals surface area contributed by atoms with Crippen molar-refractivity contribution in [1.29, 1.82) is 0 Å². The van der Waals surface area contributed by atoms with E-state index in [0.717, 1.165) is 0 Å². The van der Waals surface area contributed by atoms with Gasteiger partial charge in [-0.05, 0) is 6.92 Å². The molecule has 14 heavy (non-hydrogen) atoms. The molecule has 0 aliphatic carbocycles. The highest BCUT2D eigenvalue weighted by Gasteiger charge is 2.17. The maximum absolute atomic E-state index is 11.3. The van der Waals surface area contributed by atoms with E-state index in [2.05, 4.69) is 10.1 Å². The highest BCUT2D eigenvalue weighted by Crippen LogP contribution is 2.10. The molecule has 0 amide bonds. The van der Waals surface area contributed by atoms with Crippen molar-refractivity contribution in [3.05, 3.63) is 34.0 Å². The molecule has 6 heteroatoms. The average Bonchev–Trinajstić information content (AvgIpc) is 2.42. The fraction of sp³-hybridized carbons (Fsp3) is 0.125. The van der Waals surface area contributed by atoms with Gasteiger partial charge in [-0.2, -0.15) is 5.10 Å². The maximum atomic E-state index is 11.3. The Morgan fingerprint density at radius 3 is 3.00 bits per heavy atom. The molecule has 0 aliphatic rings. The first-order valence-corrected chi connectivity index (χ1v) is 3.91. The summed E-state index contributed by atoms with van der Waals surface area (Å²) in [6.07, 6.45) is 2.91. The van der Waals surface area contributed by atoms with E-state index in [1.54, 1.807) is 6.92 Å². The number of fused-ring (bicyclic) bond motifs is 1. The normalized spacial score (nSPS) is 10.6. The lowest BCUT2D eigenvalue weighted by atomic mass is 10.2. The number of aromatic amines is 1. The number of rotatable bonds is 1. The van der Waals surface area contributed by atoms with Crippen LogP contribution in [0.1, 0.15) is 16.1 Å². The number of carboxylic acids is 1. The van der Waals surface area contributed by atoms with Crippen LogP contribution in [0.3, 0.4) is 0 Å². The van der Waals surface area contributed by atoms with E-state index in [9.17, 15) is 9.59 Å². The van der Waals surface area contributed by atoms with Gasteiger partial charge in [-0.15, -0.1) is 0 Å². The van der Waals surface area contributed by atoms with Gasteiger partial charge in [0.2, 0.25) is 0 Å². The molecule has 0 fully saturated rings. The molecule has 0 aromatic carbocycles. The summed E-state index contributed by atoms with van der Waals surface area (Å²) in [5, 5.41) is 12.8. The van der Waals surface area contributed by atoms with Gasteiger partial charge < -0.3 is 10.1 Å². The first kappa shape index (κ1) is 8.49. The number of H-pyrrole nitrogens is 1. The van der Waals surface area contributed by atoms with Gasteiger partial charge in [0.05, 0.1) is 5.69 Å². The fourth-order valence-electron chi connectivity index (χ4n) is 1.38. The molecular formula is C8H7N3O3. The Bertz CT molecular complexity index is 567. The van der Waals surface area contributed by atoms with Crippen LogP contribution in [0, 0.1) is 6.92 Å². The molecule has 0 radical (unpaired) electrons. The molecule has 0 spiro atoms. The highest BCUT2D eigenvalue weighted by molar-refractivity contribution is 5.96. The summed E-state index contributed by atoms with van der Waals surface area (Å²) in [5.41, 5.74) is -0.107. The minimum absolute atomic E-state index is 0.0492. The molecule has 0 unspecified atom stereocenters. The molecule has 72 valence electrons. The molecular weight excluding hydrogens is 186 g/mol. The van der Waals surface area contributed by atoms with Gasteiger partial charge in [0.25, 0.3) is 5.56 Å². The number of aryl methyl sites for hydroxylation is 1. The van der Waals surface area contributed by atoms with Gasteiger partial charge in [0.15, 0.2) is 0 Å². The maximum Gasteiger partial charge on any atom is 0.340 e. The van der Waals surface area contributed by atoms with Gasteiger partial charge in [-0.3, -0.25) is 4.79 Å². The Hall–Kier alpha value is -2.11. The second-order valence-corrected chi connectivity index (χ2v) is 2.85. The zero-order valence-electron chi connectivity index (χ0n) is 7.31. The molecule has 0 aliphatic heterocycles. The monoisotopic (exact) mass is 193 g/mol. The van der Waals surface area contributed by atoms with Crippen LogP contribution in [0.15, 0.2) is 17.2 Å². The average molecular weight is 193 g/mol. The zero-order chi connectivity index (χ0) is 10.3. The lowest BCUT2D eigenvalue weighted by Crippen LogP contribution is -2.11. The predicted molar refractivity (Wildman–Crippen MR) is 47.5 cm³/mol. The summed E-state index contributed by atoms with van der Waals surface area (Å²) in [6.45, 7) is 1.55. The number of aromatic carboxylic acids is 1. The predicted octanol–water partition coefficient (Wildman–Crippen LogP) is 0.0292. The summed E-state index contributed by atoms with van der Waals surface area (Å²) in [5.74, 6) is -1.14. The van der Waals surface area contributed by atoms with Crippen molar-refractivity contribution < 1.29 is 9.90 Å². The first-order valence-electron chi connectivity index (χ1n) is 3.91. The summed E-state index contributed by atoms with van der Waals surface area (Å²) in [4.78, 5) is 24.6. The molecule has 0 saturated carbocycles. The van der Waals surface area contributed by atoms with Crippen LogP contribution in [0.4, 0.5) is 0 Å². The fourth-order valence-corrected chi connectivity index (χ4v) is 1.38.